The summed E-state index contributed by atoms with van der Waals surface area (Å²) in [5.74, 6) is 5.25. The molecule has 0 spiro atoms. The molecule has 0 aliphatic heterocycles. The summed E-state index contributed by atoms with van der Waals surface area (Å²) in [6, 6.07) is 0. The Morgan fingerprint density at radius 3 is 0.483 bits per heavy atom. The second-order valence-corrected chi connectivity index (χ2v) is 14.4. The molecule has 0 radical (unpaired) electrons. The zero-order chi connectivity index (χ0) is 42.2. The van der Waals surface area contributed by atoms with Gasteiger partial charge in [0, 0.05) is 23.0 Å². The number of thioether (sulfide) groups is 3. The molecule has 0 fully saturated rings. The molecular formula is C38H80O17S3. The molecule has 0 unspecified atom stereocenters. The second kappa shape index (κ2) is 61.7. The Morgan fingerprint density at radius 1 is 0.224 bits per heavy atom. The Balaban J connectivity index is 0. The van der Waals surface area contributed by atoms with Crippen LogP contribution in [0.4, 0.5) is 0 Å². The largest absolute Gasteiger partial charge is 0.394 e. The maximum absolute atomic E-state index is 8.58. The van der Waals surface area contributed by atoms with Gasteiger partial charge in [0.1, 0.15) is 0 Å². The highest BCUT2D eigenvalue weighted by molar-refractivity contribution is 8.04. The van der Waals surface area contributed by atoms with Crippen LogP contribution < -0.4 is 0 Å². The van der Waals surface area contributed by atoms with Crippen LogP contribution in [0.5, 0.6) is 0 Å². The van der Waals surface area contributed by atoms with E-state index in [4.69, 9.17) is 81.3 Å². The van der Waals surface area contributed by atoms with Crippen LogP contribution in [-0.4, -0.2) is 257 Å². The van der Waals surface area contributed by atoms with Crippen molar-refractivity contribution in [1.29, 1.82) is 0 Å². The van der Waals surface area contributed by atoms with E-state index < -0.39 is 0 Å². The van der Waals surface area contributed by atoms with Gasteiger partial charge in [-0.05, 0) is 12.5 Å². The molecule has 0 heterocycles. The van der Waals surface area contributed by atoms with Crippen LogP contribution in [0.1, 0.15) is 0 Å². The summed E-state index contributed by atoms with van der Waals surface area (Å²) < 4.78 is 80.8. The van der Waals surface area contributed by atoms with Gasteiger partial charge in [0.15, 0.2) is 0 Å². The molecule has 0 aliphatic rings. The number of rotatable bonds is 52. The van der Waals surface area contributed by atoms with E-state index in [9.17, 15) is 0 Å². The third-order valence-corrected chi connectivity index (χ3v) is 9.27. The van der Waals surface area contributed by atoms with E-state index >= 15 is 0 Å². The van der Waals surface area contributed by atoms with Gasteiger partial charge in [-0.1, -0.05) is 0 Å². The van der Waals surface area contributed by atoms with Gasteiger partial charge in [-0.2, -0.15) is 35.3 Å². The molecule has 0 aromatic rings. The summed E-state index contributed by atoms with van der Waals surface area (Å²) in [5, 5.41) is 17.2. The molecule has 0 saturated heterocycles. The normalized spacial score (nSPS) is 11.4. The maximum atomic E-state index is 8.58. The predicted molar refractivity (Wildman–Crippen MR) is 231 cm³/mol. The number of ether oxygens (including phenoxy) is 15. The van der Waals surface area contributed by atoms with Gasteiger partial charge in [-0.25, -0.2) is 0 Å². The first-order chi connectivity index (χ1) is 28.8. The number of aliphatic hydroxyl groups excluding tert-OH is 2. The van der Waals surface area contributed by atoms with Gasteiger partial charge in [0.2, 0.25) is 0 Å². The Hall–Kier alpha value is 0.370. The summed E-state index contributed by atoms with van der Waals surface area (Å²) >= 11 is 5.92. The van der Waals surface area contributed by atoms with Crippen molar-refractivity contribution in [1.82, 2.24) is 0 Å². The highest BCUT2D eigenvalue weighted by Crippen LogP contribution is 2.06. The monoisotopic (exact) mass is 904 g/mol. The van der Waals surface area contributed by atoms with Crippen molar-refractivity contribution in [2.75, 3.05) is 247 Å². The first-order valence-electron chi connectivity index (χ1n) is 20.3. The van der Waals surface area contributed by atoms with Gasteiger partial charge in [0.05, 0.1) is 211 Å². The molecule has 2 N–H and O–H groups in total. The van der Waals surface area contributed by atoms with Crippen molar-refractivity contribution in [3.63, 3.8) is 0 Å². The van der Waals surface area contributed by atoms with E-state index in [2.05, 4.69) is 24.3 Å². The third-order valence-electron chi connectivity index (χ3n) is 6.54. The van der Waals surface area contributed by atoms with Crippen LogP contribution in [-0.2, 0) is 71.1 Å². The third kappa shape index (κ3) is 63.0. The smallest absolute Gasteiger partial charge is 0.0701 e. The van der Waals surface area contributed by atoms with Crippen LogP contribution in [0.3, 0.4) is 0 Å². The van der Waals surface area contributed by atoms with Crippen LogP contribution in [0.15, 0.2) is 0 Å². The Kier molecular flexibility index (Phi) is 64.3. The summed E-state index contributed by atoms with van der Waals surface area (Å²) in [5.41, 5.74) is 0. The van der Waals surface area contributed by atoms with Crippen molar-refractivity contribution >= 4 is 35.3 Å². The Bertz CT molecular complexity index is 636. The lowest BCUT2D eigenvalue weighted by Crippen LogP contribution is -2.15. The second-order valence-electron chi connectivity index (χ2n) is 11.2. The molecular weight excluding hydrogens is 825 g/mol. The molecule has 0 atom stereocenters. The lowest BCUT2D eigenvalue weighted by Gasteiger charge is -2.09. The van der Waals surface area contributed by atoms with Crippen LogP contribution >= 0.6 is 35.3 Å². The molecule has 352 valence electrons. The average Bonchev–Trinajstić information content (AvgIpc) is 3.24. The lowest BCUT2D eigenvalue weighted by atomic mass is 10.6. The molecule has 58 heavy (non-hydrogen) atoms. The number of hydrogen-bond acceptors (Lipinski definition) is 20. The molecule has 0 bridgehead atoms. The fourth-order valence-electron chi connectivity index (χ4n) is 3.70. The van der Waals surface area contributed by atoms with E-state index in [-0.39, 0.29) is 13.2 Å². The van der Waals surface area contributed by atoms with Gasteiger partial charge in [-0.3, -0.25) is 0 Å². The molecule has 0 aliphatic carbocycles. The van der Waals surface area contributed by atoms with Crippen molar-refractivity contribution in [2.45, 2.75) is 0 Å². The van der Waals surface area contributed by atoms with E-state index in [1.807, 2.05) is 23.5 Å². The molecule has 0 amide bonds. The predicted octanol–water partition coefficient (Wildman–Crippen LogP) is 1.67. The Morgan fingerprint density at radius 2 is 0.362 bits per heavy atom. The van der Waals surface area contributed by atoms with Gasteiger partial charge in [0.25, 0.3) is 0 Å². The fraction of sp³-hybridized carbons (Fsp3) is 1.00. The quantitative estimate of drug-likeness (QED) is 0.0842. The summed E-state index contributed by atoms with van der Waals surface area (Å²) in [7, 11) is 0. The van der Waals surface area contributed by atoms with Crippen LogP contribution in [0, 0.1) is 0 Å². The Labute approximate surface area is 362 Å². The topological polar surface area (TPSA) is 179 Å². The van der Waals surface area contributed by atoms with E-state index in [0.717, 1.165) is 0 Å². The van der Waals surface area contributed by atoms with Crippen LogP contribution in [0.25, 0.3) is 0 Å². The molecule has 20 heteroatoms. The van der Waals surface area contributed by atoms with E-state index in [0.29, 0.717) is 198 Å². The standard InChI is InChI=1S/C32H66O17.C6H14S3/c33-1-3-35-5-7-37-9-11-39-13-15-41-17-19-43-21-23-45-25-27-47-29-31-49-32-30-48-28-26-46-24-22-44-20-18-42-16-14-40-12-10-38-8-6-36-4-2-34;1-7-3-5-9-6-4-8-2/h33-34H,1-32H2;3-6H2,1-2H3. The first kappa shape index (κ1) is 60.5. The summed E-state index contributed by atoms with van der Waals surface area (Å²) in [6.07, 6.45) is 4.32. The van der Waals surface area contributed by atoms with Gasteiger partial charge < -0.3 is 81.3 Å². The lowest BCUT2D eigenvalue weighted by molar-refractivity contribution is -0.0303. The molecule has 17 nitrogen and oxygen atoms in total. The van der Waals surface area contributed by atoms with Gasteiger partial charge in [-0.15, -0.1) is 0 Å². The first-order valence-corrected chi connectivity index (χ1v) is 24.2. The van der Waals surface area contributed by atoms with Crippen molar-refractivity contribution in [2.24, 2.45) is 0 Å². The summed E-state index contributed by atoms with van der Waals surface area (Å²) in [6.45, 7) is 14.6. The zero-order valence-corrected chi connectivity index (χ0v) is 38.1. The molecule has 0 saturated carbocycles. The minimum Gasteiger partial charge on any atom is -0.394 e. The minimum atomic E-state index is 0.0218. The number of hydrogen-bond donors (Lipinski definition) is 2. The fourth-order valence-corrected chi connectivity index (χ4v) is 6.18. The zero-order valence-electron chi connectivity index (χ0n) is 35.7. The average molecular weight is 905 g/mol. The van der Waals surface area contributed by atoms with Crippen molar-refractivity contribution < 1.29 is 81.3 Å². The summed E-state index contributed by atoms with van der Waals surface area (Å²) in [4.78, 5) is 0. The SMILES string of the molecule is CSCCSCCSC.OCCOCCOCCOCCOCCOCCOCCOCCOCCOCCOCCOCCOCCOCCOCCOCCO. The molecule has 0 rings (SSSR count). The number of aliphatic hydroxyl groups is 2. The molecule has 0 aromatic heterocycles. The van der Waals surface area contributed by atoms with Gasteiger partial charge >= 0.3 is 0 Å². The highest BCUT2D eigenvalue weighted by Gasteiger charge is 1.98. The minimum absolute atomic E-state index is 0.0218. The highest BCUT2D eigenvalue weighted by atomic mass is 32.2. The van der Waals surface area contributed by atoms with Crippen molar-refractivity contribution in [3.8, 4) is 0 Å². The van der Waals surface area contributed by atoms with E-state index in [1.54, 1.807) is 0 Å². The molecule has 0 aromatic carbocycles. The van der Waals surface area contributed by atoms with E-state index in [1.165, 1.54) is 23.0 Å². The van der Waals surface area contributed by atoms with Crippen molar-refractivity contribution in [3.05, 3.63) is 0 Å². The van der Waals surface area contributed by atoms with Crippen LogP contribution in [0.2, 0.25) is 0 Å². The maximum Gasteiger partial charge on any atom is 0.0701 e.